The van der Waals surface area contributed by atoms with Gasteiger partial charge in [0.1, 0.15) is 0 Å². The number of aromatic nitrogens is 2. The summed E-state index contributed by atoms with van der Waals surface area (Å²) in [6, 6.07) is 0. The second-order valence-electron chi connectivity index (χ2n) is 7.05. The van der Waals surface area contributed by atoms with Crippen LogP contribution >= 0.6 is 11.6 Å². The molecule has 0 spiro atoms. The minimum atomic E-state index is -5.29. The highest BCUT2D eigenvalue weighted by molar-refractivity contribution is 6.17. The first-order valence-electron chi connectivity index (χ1n) is 9.72. The van der Waals surface area contributed by atoms with Crippen LogP contribution in [0.15, 0.2) is 9.59 Å². The lowest BCUT2D eigenvalue weighted by Gasteiger charge is -2.40. The van der Waals surface area contributed by atoms with Gasteiger partial charge in [0.2, 0.25) is 0 Å². The van der Waals surface area contributed by atoms with Crippen molar-refractivity contribution in [2.45, 2.75) is 25.9 Å². The number of carbonyl (C=O) groups is 1. The number of nitrogens with zero attached hydrogens (tertiary/aromatic N) is 5. The fourth-order valence-corrected chi connectivity index (χ4v) is 3.84. The van der Waals surface area contributed by atoms with Crippen molar-refractivity contribution in [2.75, 3.05) is 48.6 Å². The van der Waals surface area contributed by atoms with Crippen molar-refractivity contribution in [3.05, 3.63) is 20.8 Å². The van der Waals surface area contributed by atoms with Crippen molar-refractivity contribution in [3.63, 3.8) is 0 Å². The van der Waals surface area contributed by atoms with Gasteiger partial charge in [0.25, 0.3) is 5.56 Å². The number of fused-ring (bicyclic) bond motifs is 1. The number of nitrogens with one attached hydrogen (secondary N) is 1. The van der Waals surface area contributed by atoms with Gasteiger partial charge < -0.3 is 15.1 Å². The van der Waals surface area contributed by atoms with Crippen LogP contribution in [0, 0.1) is 11.8 Å². The molecule has 0 amide bonds. The standard InChI is InChI=1S/C18H22ClF3N6O4/c1-3-4-8-26-12-13(27(9-5-19)17(31)24(2)14(12)29)28(32-15(30)18(20,21)22)16(26)25-10-6-23-7-11-25/h16,23H,5-11H2,1-2H3. The number of hydrogen-bond acceptors (Lipinski definition) is 8. The molecule has 0 saturated carbocycles. The molecule has 2 aliphatic heterocycles. The Bertz CT molecular complexity index is 1050. The number of halogens is 4. The molecule has 1 aromatic rings. The van der Waals surface area contributed by atoms with Gasteiger partial charge in [-0.2, -0.15) is 13.2 Å². The van der Waals surface area contributed by atoms with Crippen LogP contribution in [0.2, 0.25) is 0 Å². The highest BCUT2D eigenvalue weighted by Crippen LogP contribution is 2.38. The van der Waals surface area contributed by atoms with Gasteiger partial charge >= 0.3 is 17.8 Å². The zero-order valence-corrected chi connectivity index (χ0v) is 18.2. The highest BCUT2D eigenvalue weighted by Gasteiger charge is 2.50. The van der Waals surface area contributed by atoms with Crippen molar-refractivity contribution in [3.8, 4) is 11.8 Å². The highest BCUT2D eigenvalue weighted by atomic mass is 35.5. The van der Waals surface area contributed by atoms with Gasteiger partial charge in [-0.15, -0.1) is 22.6 Å². The second-order valence-corrected chi connectivity index (χ2v) is 7.43. The van der Waals surface area contributed by atoms with E-state index in [1.807, 2.05) is 0 Å². The van der Waals surface area contributed by atoms with E-state index in [0.717, 1.165) is 9.13 Å². The average Bonchev–Trinajstić information content (AvgIpc) is 3.07. The molecule has 10 nitrogen and oxygen atoms in total. The fraction of sp³-hybridized carbons (Fsp3) is 0.611. The molecule has 3 heterocycles. The molecule has 0 aromatic carbocycles. The van der Waals surface area contributed by atoms with Gasteiger partial charge in [-0.05, 0) is 6.92 Å². The number of alkyl halides is 4. The van der Waals surface area contributed by atoms with E-state index in [9.17, 15) is 27.6 Å². The molecule has 1 atom stereocenters. The van der Waals surface area contributed by atoms with E-state index in [1.54, 1.807) is 11.8 Å². The molecule has 32 heavy (non-hydrogen) atoms. The molecule has 1 fully saturated rings. The zero-order valence-electron chi connectivity index (χ0n) is 17.4. The fourth-order valence-electron chi connectivity index (χ4n) is 3.67. The number of carbonyl (C=O) groups excluding carboxylic acids is 1. The predicted octanol–water partition coefficient (Wildman–Crippen LogP) is -0.355. The normalized spacial score (nSPS) is 18.9. The number of rotatable bonds is 5. The molecule has 0 bridgehead atoms. The lowest BCUT2D eigenvalue weighted by molar-refractivity contribution is -0.203. The SMILES string of the molecule is CC#CCN1c2c(n(CCCl)c(=O)n(C)c2=O)N(OC(=O)C(F)(F)F)C1N1CCNCC1. The van der Waals surface area contributed by atoms with E-state index in [1.165, 1.54) is 11.9 Å². The minimum Gasteiger partial charge on any atom is -0.327 e. The third-order valence-electron chi connectivity index (χ3n) is 5.10. The monoisotopic (exact) mass is 478 g/mol. The number of anilines is 2. The maximum Gasteiger partial charge on any atom is 0.493 e. The Labute approximate surface area is 186 Å². The van der Waals surface area contributed by atoms with Gasteiger partial charge in [0.15, 0.2) is 17.8 Å². The van der Waals surface area contributed by atoms with E-state index in [0.29, 0.717) is 31.2 Å². The molecule has 3 rings (SSSR count). The number of piperazine rings is 1. The van der Waals surface area contributed by atoms with Crippen LogP contribution in [0.4, 0.5) is 24.7 Å². The van der Waals surface area contributed by atoms with Gasteiger partial charge in [-0.25, -0.2) is 9.59 Å². The third kappa shape index (κ3) is 4.30. The molecular formula is C18H22ClF3N6O4. The van der Waals surface area contributed by atoms with Gasteiger partial charge in [-0.3, -0.25) is 18.8 Å². The summed E-state index contributed by atoms with van der Waals surface area (Å²) in [4.78, 5) is 45.6. The van der Waals surface area contributed by atoms with Crippen molar-refractivity contribution >= 4 is 29.1 Å². The molecule has 176 valence electrons. The van der Waals surface area contributed by atoms with E-state index in [-0.39, 0.29) is 30.5 Å². The molecular weight excluding hydrogens is 457 g/mol. The first kappa shape index (κ1) is 24.0. The van der Waals surface area contributed by atoms with Crippen molar-refractivity contribution in [1.82, 2.24) is 19.4 Å². The van der Waals surface area contributed by atoms with Crippen LogP contribution in [0.3, 0.4) is 0 Å². The zero-order chi connectivity index (χ0) is 23.6. The molecule has 0 radical (unpaired) electrons. The molecule has 1 saturated heterocycles. The lowest BCUT2D eigenvalue weighted by Crippen LogP contribution is -2.61. The van der Waals surface area contributed by atoms with Crippen molar-refractivity contribution in [1.29, 1.82) is 0 Å². The molecule has 1 N–H and O–H groups in total. The van der Waals surface area contributed by atoms with Crippen molar-refractivity contribution in [2.24, 2.45) is 7.05 Å². The Kier molecular flexibility index (Phi) is 7.06. The Balaban J connectivity index is 2.27. The van der Waals surface area contributed by atoms with Crippen LogP contribution in [-0.2, 0) is 23.2 Å². The third-order valence-corrected chi connectivity index (χ3v) is 5.27. The number of hydroxylamine groups is 1. The van der Waals surface area contributed by atoms with E-state index in [4.69, 9.17) is 16.4 Å². The van der Waals surface area contributed by atoms with Crippen LogP contribution in [0.25, 0.3) is 0 Å². The van der Waals surface area contributed by atoms with Crippen LogP contribution in [-0.4, -0.2) is 71.1 Å². The van der Waals surface area contributed by atoms with Crippen molar-refractivity contribution < 1.29 is 22.8 Å². The van der Waals surface area contributed by atoms with E-state index < -0.39 is 29.7 Å². The van der Waals surface area contributed by atoms with E-state index in [2.05, 4.69) is 17.2 Å². The number of hydrogen-bond donors (Lipinski definition) is 1. The summed E-state index contributed by atoms with van der Waals surface area (Å²) in [5, 5.41) is 3.81. The van der Waals surface area contributed by atoms with Crippen LogP contribution < -0.4 is 26.5 Å². The lowest BCUT2D eigenvalue weighted by atomic mass is 10.3. The Morgan fingerprint density at radius 3 is 2.50 bits per heavy atom. The molecule has 1 unspecified atom stereocenters. The second kappa shape index (κ2) is 9.43. The molecule has 0 aliphatic carbocycles. The molecule has 1 aromatic heterocycles. The van der Waals surface area contributed by atoms with E-state index >= 15 is 0 Å². The smallest absolute Gasteiger partial charge is 0.327 e. The van der Waals surface area contributed by atoms with Gasteiger partial charge in [0.05, 0.1) is 6.54 Å². The maximum atomic E-state index is 13.1. The van der Waals surface area contributed by atoms with Crippen LogP contribution in [0.5, 0.6) is 0 Å². The summed E-state index contributed by atoms with van der Waals surface area (Å²) in [7, 11) is 1.25. The molecule has 14 heteroatoms. The summed E-state index contributed by atoms with van der Waals surface area (Å²) in [5.41, 5.74) is -1.65. The quantitative estimate of drug-likeness (QED) is 0.453. The Morgan fingerprint density at radius 1 is 1.28 bits per heavy atom. The van der Waals surface area contributed by atoms with Gasteiger partial charge in [0, 0.05) is 45.7 Å². The first-order chi connectivity index (χ1) is 15.1. The van der Waals surface area contributed by atoms with Crippen LogP contribution in [0.1, 0.15) is 6.92 Å². The minimum absolute atomic E-state index is 0.0491. The summed E-state index contributed by atoms with van der Waals surface area (Å²) >= 11 is 5.82. The summed E-state index contributed by atoms with van der Waals surface area (Å²) in [6.45, 7) is 3.21. The summed E-state index contributed by atoms with van der Waals surface area (Å²) in [6.07, 6.45) is -6.40. The first-order valence-corrected chi connectivity index (χ1v) is 10.3. The Hall–Kier alpha value is -2.69. The topological polar surface area (TPSA) is 92.0 Å². The summed E-state index contributed by atoms with van der Waals surface area (Å²) in [5.74, 6) is 2.68. The predicted molar refractivity (Wildman–Crippen MR) is 110 cm³/mol. The Morgan fingerprint density at radius 2 is 1.94 bits per heavy atom. The molecule has 2 aliphatic rings. The maximum absolute atomic E-state index is 13.1. The van der Waals surface area contributed by atoms with Gasteiger partial charge in [-0.1, -0.05) is 5.92 Å². The average molecular weight is 479 g/mol. The summed E-state index contributed by atoms with van der Waals surface area (Å²) < 4.78 is 41.2. The largest absolute Gasteiger partial charge is 0.493 e.